The van der Waals surface area contributed by atoms with Crippen LogP contribution in [0.15, 0.2) is 23.1 Å². The number of benzene rings is 1. The molecule has 148 valence electrons. The normalized spacial score (nSPS) is 18.1. The van der Waals surface area contributed by atoms with Crippen molar-refractivity contribution in [2.24, 2.45) is 0 Å². The molecule has 8 nitrogen and oxygen atoms in total. The van der Waals surface area contributed by atoms with Gasteiger partial charge in [-0.3, -0.25) is 10.1 Å². The van der Waals surface area contributed by atoms with Gasteiger partial charge < -0.3 is 10.2 Å². The Kier molecular flexibility index (Phi) is 6.13. The van der Waals surface area contributed by atoms with Crippen LogP contribution < -0.4 is 15.5 Å². The second kappa shape index (κ2) is 8.37. The SMILES string of the molecule is CCNC(=O)NC(=O)C[NH+]1CCN(S(=O)(=O)c2ccc3c(c2)CCC3)CC1. The highest BCUT2D eigenvalue weighted by molar-refractivity contribution is 7.89. The van der Waals surface area contributed by atoms with Crippen molar-refractivity contribution in [3.8, 4) is 0 Å². The Morgan fingerprint density at radius 1 is 1.15 bits per heavy atom. The Hall–Kier alpha value is -1.97. The number of hydrogen-bond donors (Lipinski definition) is 3. The third kappa shape index (κ3) is 4.66. The second-order valence-corrected chi connectivity index (χ2v) is 8.96. The first-order valence-electron chi connectivity index (χ1n) is 9.43. The number of fused-ring (bicyclic) bond motifs is 1. The number of piperazine rings is 1. The summed E-state index contributed by atoms with van der Waals surface area (Å²) >= 11 is 0. The van der Waals surface area contributed by atoms with Gasteiger partial charge in [-0.2, -0.15) is 4.31 Å². The lowest BCUT2D eigenvalue weighted by Crippen LogP contribution is -3.15. The molecule has 1 aromatic rings. The number of imide groups is 1. The Bertz CT molecular complexity index is 817. The van der Waals surface area contributed by atoms with E-state index in [2.05, 4.69) is 10.6 Å². The summed E-state index contributed by atoms with van der Waals surface area (Å²) in [5, 5.41) is 4.79. The summed E-state index contributed by atoms with van der Waals surface area (Å²) in [5.41, 5.74) is 2.39. The smallest absolute Gasteiger partial charge is 0.321 e. The Morgan fingerprint density at radius 3 is 2.56 bits per heavy atom. The molecule has 0 atom stereocenters. The third-order valence-electron chi connectivity index (χ3n) is 5.14. The summed E-state index contributed by atoms with van der Waals surface area (Å²) in [7, 11) is -3.51. The Morgan fingerprint density at radius 2 is 1.85 bits per heavy atom. The van der Waals surface area contributed by atoms with Crippen LogP contribution in [0.5, 0.6) is 0 Å². The molecule has 0 radical (unpaired) electrons. The molecule has 9 heteroatoms. The van der Waals surface area contributed by atoms with Gasteiger partial charge in [-0.15, -0.1) is 0 Å². The first-order valence-corrected chi connectivity index (χ1v) is 10.9. The fourth-order valence-corrected chi connectivity index (χ4v) is 5.17. The van der Waals surface area contributed by atoms with Crippen molar-refractivity contribution in [1.29, 1.82) is 0 Å². The molecule has 1 fully saturated rings. The molecule has 2 aliphatic rings. The average molecular weight is 396 g/mol. The zero-order valence-electron chi connectivity index (χ0n) is 15.6. The van der Waals surface area contributed by atoms with Gasteiger partial charge in [0.15, 0.2) is 6.54 Å². The maximum absolute atomic E-state index is 12.9. The summed E-state index contributed by atoms with van der Waals surface area (Å²) in [6, 6.07) is 4.96. The maximum Gasteiger partial charge on any atom is 0.321 e. The van der Waals surface area contributed by atoms with E-state index in [4.69, 9.17) is 0 Å². The van der Waals surface area contributed by atoms with Crippen molar-refractivity contribution < 1.29 is 22.9 Å². The van der Waals surface area contributed by atoms with Gasteiger partial charge in [-0.25, -0.2) is 13.2 Å². The lowest BCUT2D eigenvalue weighted by Gasteiger charge is -2.31. The highest BCUT2D eigenvalue weighted by Gasteiger charge is 2.32. The number of urea groups is 1. The predicted molar refractivity (Wildman–Crippen MR) is 100 cm³/mol. The third-order valence-corrected chi connectivity index (χ3v) is 7.03. The first kappa shape index (κ1) is 19.8. The van der Waals surface area contributed by atoms with E-state index >= 15 is 0 Å². The Balaban J connectivity index is 1.55. The van der Waals surface area contributed by atoms with E-state index in [1.807, 2.05) is 12.1 Å². The van der Waals surface area contributed by atoms with Crippen molar-refractivity contribution >= 4 is 22.0 Å². The number of quaternary nitrogens is 1. The van der Waals surface area contributed by atoms with Gasteiger partial charge in [0.25, 0.3) is 5.91 Å². The maximum atomic E-state index is 12.9. The number of aryl methyl sites for hydroxylation is 2. The zero-order chi connectivity index (χ0) is 19.4. The average Bonchev–Trinajstić information content (AvgIpc) is 3.10. The van der Waals surface area contributed by atoms with Gasteiger partial charge in [-0.05, 0) is 49.4 Å². The van der Waals surface area contributed by atoms with Crippen molar-refractivity contribution in [2.75, 3.05) is 39.3 Å². The summed E-state index contributed by atoms with van der Waals surface area (Å²) < 4.78 is 27.3. The number of sulfonamides is 1. The van der Waals surface area contributed by atoms with Crippen molar-refractivity contribution in [2.45, 2.75) is 31.1 Å². The second-order valence-electron chi connectivity index (χ2n) is 7.02. The van der Waals surface area contributed by atoms with E-state index in [1.165, 1.54) is 9.87 Å². The van der Waals surface area contributed by atoms with Crippen molar-refractivity contribution in [1.82, 2.24) is 14.9 Å². The van der Waals surface area contributed by atoms with Gasteiger partial charge in [0.05, 0.1) is 31.1 Å². The van der Waals surface area contributed by atoms with E-state index in [1.54, 1.807) is 13.0 Å². The van der Waals surface area contributed by atoms with Gasteiger partial charge >= 0.3 is 6.03 Å². The minimum absolute atomic E-state index is 0.157. The van der Waals surface area contributed by atoms with Gasteiger partial charge in [0.1, 0.15) is 0 Å². The predicted octanol–water partition coefficient (Wildman–Crippen LogP) is -1.09. The number of carbonyl (C=O) groups is 2. The molecular formula is C18H27N4O4S+. The summed E-state index contributed by atoms with van der Waals surface area (Å²) in [5.74, 6) is -0.356. The van der Waals surface area contributed by atoms with Crippen LogP contribution in [0.1, 0.15) is 24.5 Å². The largest absolute Gasteiger partial charge is 0.338 e. The first-order chi connectivity index (χ1) is 12.9. The topological polar surface area (TPSA) is 100 Å². The van der Waals surface area contributed by atoms with E-state index in [9.17, 15) is 18.0 Å². The van der Waals surface area contributed by atoms with E-state index in [0.29, 0.717) is 37.6 Å². The monoisotopic (exact) mass is 395 g/mol. The van der Waals surface area contributed by atoms with E-state index in [-0.39, 0.29) is 12.5 Å². The van der Waals surface area contributed by atoms with Crippen molar-refractivity contribution in [3.05, 3.63) is 29.3 Å². The fourth-order valence-electron chi connectivity index (χ4n) is 3.68. The molecule has 3 N–H and O–H groups in total. The van der Waals surface area contributed by atoms with Crippen LogP contribution in [-0.2, 0) is 27.7 Å². The quantitative estimate of drug-likeness (QED) is 0.590. The zero-order valence-corrected chi connectivity index (χ0v) is 16.4. The lowest BCUT2D eigenvalue weighted by molar-refractivity contribution is -0.895. The number of amides is 3. The highest BCUT2D eigenvalue weighted by Crippen LogP contribution is 2.26. The molecule has 0 saturated carbocycles. The van der Waals surface area contributed by atoms with Crippen LogP contribution in [0.3, 0.4) is 0 Å². The number of nitrogens with one attached hydrogen (secondary N) is 3. The molecule has 0 spiro atoms. The molecule has 0 unspecified atom stereocenters. The van der Waals surface area contributed by atoms with Crippen LogP contribution in [0.4, 0.5) is 4.79 Å². The van der Waals surface area contributed by atoms with Crippen LogP contribution in [0.25, 0.3) is 0 Å². The fraction of sp³-hybridized carbons (Fsp3) is 0.556. The standard InChI is InChI=1S/C18H26N4O4S/c1-2-19-18(24)20-17(23)13-21-8-10-22(11-9-21)27(25,26)16-7-6-14-4-3-5-15(14)12-16/h6-7,12H,2-5,8-11,13H2,1H3,(H2,19,20,23,24)/p+1. The molecule has 27 heavy (non-hydrogen) atoms. The van der Waals surface area contributed by atoms with Gasteiger partial charge in [0, 0.05) is 6.54 Å². The number of carbonyl (C=O) groups excluding carboxylic acids is 2. The highest BCUT2D eigenvalue weighted by atomic mass is 32.2. The Labute approximate surface area is 160 Å². The van der Waals surface area contributed by atoms with Crippen LogP contribution in [0, 0.1) is 0 Å². The molecule has 1 heterocycles. The van der Waals surface area contributed by atoms with E-state index < -0.39 is 16.1 Å². The minimum atomic E-state index is -3.51. The molecule has 1 aliphatic carbocycles. The van der Waals surface area contributed by atoms with Crippen LogP contribution in [0.2, 0.25) is 0 Å². The van der Waals surface area contributed by atoms with Gasteiger partial charge in [0.2, 0.25) is 10.0 Å². The molecule has 3 amide bonds. The molecule has 1 aliphatic heterocycles. The molecule has 1 aromatic carbocycles. The molecule has 1 saturated heterocycles. The van der Waals surface area contributed by atoms with Crippen LogP contribution >= 0.6 is 0 Å². The molecule has 0 aromatic heterocycles. The number of nitrogens with zero attached hydrogens (tertiary/aromatic N) is 1. The van der Waals surface area contributed by atoms with Gasteiger partial charge in [-0.1, -0.05) is 6.07 Å². The summed E-state index contributed by atoms with van der Waals surface area (Å²) in [6.45, 7) is 4.18. The van der Waals surface area contributed by atoms with Crippen LogP contribution in [-0.4, -0.2) is 63.9 Å². The molecule has 0 bridgehead atoms. The molecule has 3 rings (SSSR count). The summed E-state index contributed by atoms with van der Waals surface area (Å²) in [4.78, 5) is 24.6. The lowest BCUT2D eigenvalue weighted by atomic mass is 10.1. The number of rotatable bonds is 5. The van der Waals surface area contributed by atoms with E-state index in [0.717, 1.165) is 29.7 Å². The minimum Gasteiger partial charge on any atom is -0.338 e. The number of hydrogen-bond acceptors (Lipinski definition) is 4. The summed E-state index contributed by atoms with van der Waals surface area (Å²) in [6.07, 6.45) is 3.05. The molecular weight excluding hydrogens is 368 g/mol. The van der Waals surface area contributed by atoms with Crippen molar-refractivity contribution in [3.63, 3.8) is 0 Å².